The number of nitrogens with one attached hydrogen (secondary N) is 1. The molecule has 1 aromatic rings. The highest BCUT2D eigenvalue weighted by Gasteiger charge is 2.05. The first kappa shape index (κ1) is 12.8. The van der Waals surface area contributed by atoms with Gasteiger partial charge in [0.15, 0.2) is 0 Å². The van der Waals surface area contributed by atoms with E-state index in [1.807, 2.05) is 19.1 Å². The number of aliphatic hydroxyl groups excluding tert-OH is 1. The molecule has 0 bridgehead atoms. The number of benzene rings is 1. The predicted molar refractivity (Wildman–Crippen MR) is 67.1 cm³/mol. The van der Waals surface area contributed by atoms with Crippen LogP contribution in [-0.2, 0) is 0 Å². The van der Waals surface area contributed by atoms with Gasteiger partial charge in [-0.2, -0.15) is 0 Å². The molecule has 0 aromatic heterocycles. The van der Waals surface area contributed by atoms with Crippen LogP contribution in [0, 0.1) is 12.8 Å². The van der Waals surface area contributed by atoms with Gasteiger partial charge in [0.2, 0.25) is 0 Å². The summed E-state index contributed by atoms with van der Waals surface area (Å²) in [6.45, 7) is 5.15. The van der Waals surface area contributed by atoms with Gasteiger partial charge in [-0.1, -0.05) is 6.92 Å². The molecule has 0 amide bonds. The topological polar surface area (TPSA) is 41.5 Å². The molecule has 1 atom stereocenters. The van der Waals surface area contributed by atoms with Crippen LogP contribution in [0.2, 0.25) is 0 Å². The van der Waals surface area contributed by atoms with Gasteiger partial charge in [-0.15, -0.1) is 0 Å². The molecule has 0 radical (unpaired) electrons. The van der Waals surface area contributed by atoms with Gasteiger partial charge in [-0.25, -0.2) is 0 Å². The summed E-state index contributed by atoms with van der Waals surface area (Å²) in [4.78, 5) is 0. The Hall–Kier alpha value is -1.22. The zero-order chi connectivity index (χ0) is 12.0. The van der Waals surface area contributed by atoms with Crippen LogP contribution in [0.1, 0.15) is 18.9 Å². The maximum atomic E-state index is 9.08. The van der Waals surface area contributed by atoms with Crippen LogP contribution in [0.4, 0.5) is 5.69 Å². The van der Waals surface area contributed by atoms with Crippen LogP contribution in [0.5, 0.6) is 5.75 Å². The Morgan fingerprint density at radius 3 is 2.69 bits per heavy atom. The molecule has 1 unspecified atom stereocenters. The van der Waals surface area contributed by atoms with Crippen molar-refractivity contribution in [1.29, 1.82) is 0 Å². The Balaban J connectivity index is 2.58. The molecule has 90 valence electrons. The molecule has 16 heavy (non-hydrogen) atoms. The lowest BCUT2D eigenvalue weighted by Crippen LogP contribution is -2.17. The highest BCUT2D eigenvalue weighted by atomic mass is 16.5. The molecule has 0 spiro atoms. The fourth-order valence-corrected chi connectivity index (χ4v) is 1.59. The monoisotopic (exact) mass is 223 g/mol. The number of aryl methyl sites for hydroxylation is 1. The SMILES string of the molecule is CCC(CO)CNc1ccc(OC)c(C)c1. The minimum absolute atomic E-state index is 0.235. The van der Waals surface area contributed by atoms with Crippen molar-refractivity contribution < 1.29 is 9.84 Å². The molecule has 2 N–H and O–H groups in total. The van der Waals surface area contributed by atoms with Crippen LogP contribution < -0.4 is 10.1 Å². The van der Waals surface area contributed by atoms with Crippen molar-refractivity contribution in [3.8, 4) is 5.75 Å². The summed E-state index contributed by atoms with van der Waals surface area (Å²) >= 11 is 0. The molecule has 1 rings (SSSR count). The van der Waals surface area contributed by atoms with Crippen molar-refractivity contribution in [1.82, 2.24) is 0 Å². The van der Waals surface area contributed by atoms with Gasteiger partial charge in [0.05, 0.1) is 7.11 Å². The van der Waals surface area contributed by atoms with Crippen molar-refractivity contribution in [2.75, 3.05) is 25.6 Å². The van der Waals surface area contributed by atoms with Gasteiger partial charge in [0.25, 0.3) is 0 Å². The lowest BCUT2D eigenvalue weighted by atomic mass is 10.1. The Morgan fingerprint density at radius 2 is 2.19 bits per heavy atom. The number of aliphatic hydroxyl groups is 1. The number of methoxy groups -OCH3 is 1. The van der Waals surface area contributed by atoms with Gasteiger partial charge < -0.3 is 15.2 Å². The molecule has 0 saturated carbocycles. The zero-order valence-corrected chi connectivity index (χ0v) is 10.3. The quantitative estimate of drug-likeness (QED) is 0.778. The Morgan fingerprint density at radius 1 is 1.44 bits per heavy atom. The minimum Gasteiger partial charge on any atom is -0.496 e. The van der Waals surface area contributed by atoms with Gasteiger partial charge in [-0.05, 0) is 43.0 Å². The van der Waals surface area contributed by atoms with E-state index >= 15 is 0 Å². The van der Waals surface area contributed by atoms with Crippen LogP contribution in [0.25, 0.3) is 0 Å². The lowest BCUT2D eigenvalue weighted by molar-refractivity contribution is 0.230. The molecule has 0 aliphatic rings. The largest absolute Gasteiger partial charge is 0.496 e. The van der Waals surface area contributed by atoms with E-state index in [0.29, 0.717) is 5.92 Å². The maximum Gasteiger partial charge on any atom is 0.121 e. The summed E-state index contributed by atoms with van der Waals surface area (Å²) in [7, 11) is 1.67. The molecule has 0 aliphatic carbocycles. The first-order valence-electron chi connectivity index (χ1n) is 5.70. The summed E-state index contributed by atoms with van der Waals surface area (Å²) in [5, 5.41) is 12.4. The van der Waals surface area contributed by atoms with E-state index in [0.717, 1.165) is 30.0 Å². The first-order chi connectivity index (χ1) is 7.71. The predicted octanol–water partition coefficient (Wildman–Crippen LogP) is 2.43. The molecule has 3 heteroatoms. The highest BCUT2D eigenvalue weighted by molar-refractivity contribution is 5.50. The smallest absolute Gasteiger partial charge is 0.121 e. The number of hydrogen-bond donors (Lipinski definition) is 2. The number of ether oxygens (including phenoxy) is 1. The second-order valence-corrected chi connectivity index (χ2v) is 4.02. The summed E-state index contributed by atoms with van der Waals surface area (Å²) in [6.07, 6.45) is 0.985. The van der Waals surface area contributed by atoms with Crippen LogP contribution in [-0.4, -0.2) is 25.4 Å². The van der Waals surface area contributed by atoms with Gasteiger partial charge in [0, 0.05) is 18.8 Å². The molecular formula is C13H21NO2. The molecule has 0 saturated heterocycles. The average Bonchev–Trinajstić information content (AvgIpc) is 2.30. The van der Waals surface area contributed by atoms with E-state index in [1.54, 1.807) is 7.11 Å². The van der Waals surface area contributed by atoms with Gasteiger partial charge in [-0.3, -0.25) is 0 Å². The third-order valence-electron chi connectivity index (χ3n) is 2.83. The summed E-state index contributed by atoms with van der Waals surface area (Å²) in [5.74, 6) is 1.22. The van der Waals surface area contributed by atoms with Crippen LogP contribution in [0.15, 0.2) is 18.2 Å². The number of rotatable bonds is 6. The summed E-state index contributed by atoms with van der Waals surface area (Å²) < 4.78 is 5.20. The van der Waals surface area contributed by atoms with E-state index in [-0.39, 0.29) is 6.61 Å². The average molecular weight is 223 g/mol. The Bertz CT molecular complexity index is 322. The molecule has 1 aromatic carbocycles. The van der Waals surface area contributed by atoms with Gasteiger partial charge in [0.1, 0.15) is 5.75 Å². The fourth-order valence-electron chi connectivity index (χ4n) is 1.59. The third-order valence-corrected chi connectivity index (χ3v) is 2.83. The number of anilines is 1. The lowest BCUT2D eigenvalue weighted by Gasteiger charge is -2.14. The Labute approximate surface area is 97.4 Å². The van der Waals surface area contributed by atoms with E-state index in [9.17, 15) is 0 Å². The summed E-state index contributed by atoms with van der Waals surface area (Å²) in [6, 6.07) is 6.01. The second-order valence-electron chi connectivity index (χ2n) is 4.02. The van der Waals surface area contributed by atoms with Crippen LogP contribution >= 0.6 is 0 Å². The first-order valence-corrected chi connectivity index (χ1v) is 5.70. The molecular weight excluding hydrogens is 202 g/mol. The van der Waals surface area contributed by atoms with Crippen LogP contribution in [0.3, 0.4) is 0 Å². The van der Waals surface area contributed by atoms with Crippen molar-refractivity contribution in [3.05, 3.63) is 23.8 Å². The van der Waals surface area contributed by atoms with Crippen molar-refractivity contribution >= 4 is 5.69 Å². The second kappa shape index (κ2) is 6.38. The standard InChI is InChI=1S/C13H21NO2/c1-4-11(9-15)8-14-12-5-6-13(16-3)10(2)7-12/h5-7,11,14-15H,4,8-9H2,1-3H3. The maximum absolute atomic E-state index is 9.08. The normalized spacial score (nSPS) is 12.2. The molecule has 0 heterocycles. The third kappa shape index (κ3) is 3.42. The molecule has 3 nitrogen and oxygen atoms in total. The van der Waals surface area contributed by atoms with E-state index in [4.69, 9.17) is 9.84 Å². The zero-order valence-electron chi connectivity index (χ0n) is 10.3. The minimum atomic E-state index is 0.235. The molecule has 0 aliphatic heterocycles. The van der Waals surface area contributed by atoms with E-state index < -0.39 is 0 Å². The summed E-state index contributed by atoms with van der Waals surface area (Å²) in [5.41, 5.74) is 2.19. The number of hydrogen-bond acceptors (Lipinski definition) is 3. The van der Waals surface area contributed by atoms with E-state index in [2.05, 4.69) is 18.3 Å². The Kier molecular flexibility index (Phi) is 5.12. The van der Waals surface area contributed by atoms with Crippen molar-refractivity contribution in [2.45, 2.75) is 20.3 Å². The van der Waals surface area contributed by atoms with Gasteiger partial charge >= 0.3 is 0 Å². The fraction of sp³-hybridized carbons (Fsp3) is 0.538. The van der Waals surface area contributed by atoms with Crippen molar-refractivity contribution in [3.63, 3.8) is 0 Å². The van der Waals surface area contributed by atoms with E-state index in [1.165, 1.54) is 0 Å². The van der Waals surface area contributed by atoms with Crippen molar-refractivity contribution in [2.24, 2.45) is 5.92 Å². The molecule has 0 fully saturated rings. The highest BCUT2D eigenvalue weighted by Crippen LogP contribution is 2.21.